The molecule has 0 spiro atoms. The summed E-state index contributed by atoms with van der Waals surface area (Å²) < 4.78 is 0. The highest BCUT2D eigenvalue weighted by Crippen LogP contribution is 2.35. The number of thiophene rings is 1. The first-order chi connectivity index (χ1) is 13.3. The minimum absolute atomic E-state index is 0.0229. The molecule has 3 heterocycles. The van der Waals surface area contributed by atoms with E-state index in [2.05, 4.69) is 22.4 Å². The largest absolute Gasteiger partial charge is 0.384 e. The highest BCUT2D eigenvalue weighted by Gasteiger charge is 2.33. The SMILES string of the molecule is C[C@@H]1CCC(c2nc(C(C)(C)O)cs2)CN1C(=O)c1cscc1N/N=C\C=N. The van der Waals surface area contributed by atoms with E-state index in [0.717, 1.165) is 24.1 Å². The summed E-state index contributed by atoms with van der Waals surface area (Å²) in [7, 11) is 0. The number of nitrogens with one attached hydrogen (secondary N) is 2. The van der Waals surface area contributed by atoms with Crippen molar-refractivity contribution in [1.29, 1.82) is 5.41 Å². The van der Waals surface area contributed by atoms with Crippen LogP contribution in [0.4, 0.5) is 5.69 Å². The molecule has 1 unspecified atom stereocenters. The number of nitrogens with zero attached hydrogens (tertiary/aromatic N) is 3. The molecule has 2 aromatic heterocycles. The van der Waals surface area contributed by atoms with Crippen molar-refractivity contribution in [3.63, 3.8) is 0 Å². The van der Waals surface area contributed by atoms with Gasteiger partial charge in [0, 0.05) is 40.9 Å². The minimum atomic E-state index is -0.958. The van der Waals surface area contributed by atoms with Gasteiger partial charge >= 0.3 is 0 Å². The van der Waals surface area contributed by atoms with Crippen molar-refractivity contribution >= 4 is 46.7 Å². The molecule has 3 rings (SSSR count). The van der Waals surface area contributed by atoms with Crippen molar-refractivity contribution in [2.45, 2.75) is 51.2 Å². The van der Waals surface area contributed by atoms with E-state index in [4.69, 9.17) is 5.41 Å². The van der Waals surface area contributed by atoms with Crippen molar-refractivity contribution in [1.82, 2.24) is 9.88 Å². The van der Waals surface area contributed by atoms with E-state index < -0.39 is 5.60 Å². The number of aliphatic hydroxyl groups is 1. The topological polar surface area (TPSA) is 102 Å². The first kappa shape index (κ1) is 20.6. The van der Waals surface area contributed by atoms with Crippen molar-refractivity contribution in [2.75, 3.05) is 12.0 Å². The lowest BCUT2D eigenvalue weighted by molar-refractivity contribution is 0.0606. The monoisotopic (exact) mass is 419 g/mol. The van der Waals surface area contributed by atoms with Gasteiger partial charge in [-0.2, -0.15) is 5.10 Å². The Balaban J connectivity index is 1.77. The average molecular weight is 420 g/mol. The number of carbonyl (C=O) groups is 1. The Morgan fingerprint density at radius 2 is 2.21 bits per heavy atom. The Bertz CT molecular complexity index is 868. The van der Waals surface area contributed by atoms with Crippen molar-refractivity contribution in [3.05, 3.63) is 32.4 Å². The number of anilines is 1. The molecular weight excluding hydrogens is 394 g/mol. The second-order valence-corrected chi connectivity index (χ2v) is 9.10. The molecule has 150 valence electrons. The van der Waals surface area contributed by atoms with Crippen LogP contribution in [0.1, 0.15) is 60.6 Å². The zero-order chi connectivity index (χ0) is 20.3. The quantitative estimate of drug-likeness (QED) is 0.488. The fraction of sp³-hybridized carbons (Fsp3) is 0.474. The number of hydrogen-bond acceptors (Lipinski definition) is 8. The second kappa shape index (κ2) is 8.50. The second-order valence-electron chi connectivity index (χ2n) is 7.47. The van der Waals surface area contributed by atoms with Crippen LogP contribution in [0, 0.1) is 5.41 Å². The Morgan fingerprint density at radius 1 is 1.43 bits per heavy atom. The molecule has 0 radical (unpaired) electrons. The van der Waals surface area contributed by atoms with Gasteiger partial charge in [0.1, 0.15) is 5.60 Å². The summed E-state index contributed by atoms with van der Waals surface area (Å²) in [6, 6.07) is 0.148. The summed E-state index contributed by atoms with van der Waals surface area (Å²) in [5.74, 6) is 0.150. The van der Waals surface area contributed by atoms with Gasteiger partial charge in [0.05, 0.1) is 28.2 Å². The van der Waals surface area contributed by atoms with Crippen LogP contribution in [-0.4, -0.2) is 45.9 Å². The minimum Gasteiger partial charge on any atom is -0.384 e. The standard InChI is InChI=1S/C19H25N5O2S2/c1-12-4-5-13(17-22-16(11-28-17)19(2,3)26)8-24(12)18(25)14-9-27-10-15(14)23-21-7-6-20/h6-7,9-13,20,23,26H,4-5,8H2,1-3H3/b20-6?,21-7-/t12-,13?/m1/s1. The zero-order valence-corrected chi connectivity index (χ0v) is 17.8. The molecule has 0 saturated carbocycles. The van der Waals surface area contributed by atoms with Gasteiger partial charge in [0.2, 0.25) is 0 Å². The van der Waals surface area contributed by atoms with Crippen LogP contribution in [0.15, 0.2) is 21.2 Å². The lowest BCUT2D eigenvalue weighted by Crippen LogP contribution is -2.44. The summed E-state index contributed by atoms with van der Waals surface area (Å²) in [6.07, 6.45) is 4.29. The van der Waals surface area contributed by atoms with Gasteiger partial charge in [-0.15, -0.1) is 22.7 Å². The van der Waals surface area contributed by atoms with Crippen LogP contribution in [0.25, 0.3) is 0 Å². The third kappa shape index (κ3) is 4.48. The number of carbonyl (C=O) groups excluding carboxylic acids is 1. The van der Waals surface area contributed by atoms with Gasteiger partial charge in [-0.3, -0.25) is 10.2 Å². The number of thiazole rings is 1. The molecule has 1 fully saturated rings. The van der Waals surface area contributed by atoms with E-state index in [1.807, 2.05) is 21.0 Å². The van der Waals surface area contributed by atoms with Crippen molar-refractivity contribution in [3.8, 4) is 0 Å². The normalized spacial score (nSPS) is 20.5. The van der Waals surface area contributed by atoms with Crippen LogP contribution < -0.4 is 5.43 Å². The fourth-order valence-corrected chi connectivity index (χ4v) is 5.05. The smallest absolute Gasteiger partial charge is 0.257 e. The van der Waals surface area contributed by atoms with Gasteiger partial charge in [-0.1, -0.05) is 0 Å². The summed E-state index contributed by atoms with van der Waals surface area (Å²) in [6.45, 7) is 6.15. The summed E-state index contributed by atoms with van der Waals surface area (Å²) >= 11 is 2.99. The van der Waals surface area contributed by atoms with Gasteiger partial charge in [-0.25, -0.2) is 4.98 Å². The van der Waals surface area contributed by atoms with Gasteiger partial charge in [0.25, 0.3) is 5.91 Å². The van der Waals surface area contributed by atoms with Crippen molar-refractivity contribution < 1.29 is 9.90 Å². The van der Waals surface area contributed by atoms with Crippen LogP contribution in [-0.2, 0) is 5.60 Å². The first-order valence-corrected chi connectivity index (χ1v) is 11.0. The Hall–Kier alpha value is -2.10. The molecule has 2 atom stereocenters. The first-order valence-electron chi connectivity index (χ1n) is 9.14. The lowest BCUT2D eigenvalue weighted by Gasteiger charge is -2.37. The number of aromatic nitrogens is 1. The number of hydrazone groups is 1. The van der Waals surface area contributed by atoms with Gasteiger partial charge < -0.3 is 15.4 Å². The van der Waals surface area contributed by atoms with E-state index in [0.29, 0.717) is 23.5 Å². The van der Waals surface area contributed by atoms with Gasteiger partial charge in [0.15, 0.2) is 0 Å². The summed E-state index contributed by atoms with van der Waals surface area (Å²) in [4.78, 5) is 19.7. The molecule has 1 saturated heterocycles. The maximum Gasteiger partial charge on any atom is 0.257 e. The zero-order valence-electron chi connectivity index (χ0n) is 16.2. The Labute approximate surface area is 172 Å². The van der Waals surface area contributed by atoms with Crippen molar-refractivity contribution in [2.24, 2.45) is 5.10 Å². The fourth-order valence-electron chi connectivity index (χ4n) is 3.20. The Morgan fingerprint density at radius 3 is 2.89 bits per heavy atom. The Kier molecular flexibility index (Phi) is 6.26. The maximum atomic E-state index is 13.2. The number of amides is 1. The number of piperidine rings is 1. The summed E-state index contributed by atoms with van der Waals surface area (Å²) in [5, 5.41) is 27.6. The molecule has 0 bridgehead atoms. The molecule has 0 aromatic carbocycles. The number of rotatable bonds is 6. The van der Waals surface area contributed by atoms with Crippen LogP contribution >= 0.6 is 22.7 Å². The van der Waals surface area contributed by atoms with Crippen LogP contribution in [0.3, 0.4) is 0 Å². The molecule has 7 nitrogen and oxygen atoms in total. The van der Waals surface area contributed by atoms with E-state index in [9.17, 15) is 9.90 Å². The predicted molar refractivity (Wildman–Crippen MR) is 115 cm³/mol. The molecule has 3 N–H and O–H groups in total. The van der Waals surface area contributed by atoms with E-state index >= 15 is 0 Å². The van der Waals surface area contributed by atoms with E-state index in [1.165, 1.54) is 17.6 Å². The molecular formula is C19H25N5O2S2. The summed E-state index contributed by atoms with van der Waals surface area (Å²) in [5.41, 5.74) is 3.80. The van der Waals surface area contributed by atoms with E-state index in [1.54, 1.807) is 25.2 Å². The van der Waals surface area contributed by atoms with Crippen LogP contribution in [0.2, 0.25) is 0 Å². The molecule has 2 aromatic rings. The molecule has 0 aliphatic carbocycles. The maximum absolute atomic E-state index is 13.2. The lowest BCUT2D eigenvalue weighted by atomic mass is 9.93. The molecule has 1 amide bonds. The molecule has 1 aliphatic rings. The number of likely N-dealkylation sites (tertiary alicyclic amines) is 1. The third-order valence-corrected chi connectivity index (χ3v) is 6.62. The highest BCUT2D eigenvalue weighted by molar-refractivity contribution is 7.09. The highest BCUT2D eigenvalue weighted by atomic mass is 32.1. The van der Waals surface area contributed by atoms with Gasteiger partial charge in [-0.05, 0) is 33.6 Å². The predicted octanol–water partition coefficient (Wildman–Crippen LogP) is 3.89. The molecule has 9 heteroatoms. The molecule has 28 heavy (non-hydrogen) atoms. The average Bonchev–Trinajstić information content (AvgIpc) is 3.31. The van der Waals surface area contributed by atoms with Crippen LogP contribution in [0.5, 0.6) is 0 Å². The third-order valence-electron chi connectivity index (χ3n) is 4.87. The number of hydrogen-bond donors (Lipinski definition) is 3. The van der Waals surface area contributed by atoms with E-state index in [-0.39, 0.29) is 17.9 Å². The molecule has 1 aliphatic heterocycles.